The summed E-state index contributed by atoms with van der Waals surface area (Å²) in [6, 6.07) is 0.312. The second-order valence-electron chi connectivity index (χ2n) is 4.31. The first kappa shape index (κ1) is 13.1. The van der Waals surface area contributed by atoms with E-state index in [1.165, 1.54) is 4.90 Å². The molecule has 1 saturated heterocycles. The Labute approximate surface area is 103 Å². The topological polar surface area (TPSA) is 15.3 Å². The minimum absolute atomic E-state index is 0.0835. The monoisotopic (exact) mass is 262 g/mol. The van der Waals surface area contributed by atoms with Crippen LogP contribution >= 0.6 is 0 Å². The number of nitrogens with zero attached hydrogens (tertiary/aromatic N) is 1. The van der Waals surface area contributed by atoms with Crippen molar-refractivity contribution in [3.05, 3.63) is 29.3 Å². The van der Waals surface area contributed by atoms with Gasteiger partial charge in [0.1, 0.15) is 5.69 Å². The number of anilines is 1. The lowest BCUT2D eigenvalue weighted by Gasteiger charge is -2.20. The Morgan fingerprint density at radius 3 is 2.39 bits per heavy atom. The van der Waals surface area contributed by atoms with E-state index in [9.17, 15) is 17.6 Å². The van der Waals surface area contributed by atoms with Crippen LogP contribution < -0.4 is 10.2 Å². The average molecular weight is 262 g/mol. The molecule has 1 aliphatic rings. The van der Waals surface area contributed by atoms with Crippen molar-refractivity contribution in [2.24, 2.45) is 0 Å². The first-order chi connectivity index (χ1) is 8.54. The zero-order valence-corrected chi connectivity index (χ0v) is 9.94. The number of rotatable bonds is 3. The third kappa shape index (κ3) is 2.29. The lowest BCUT2D eigenvalue weighted by molar-refractivity contribution is 0.453. The molecule has 2 rings (SSSR count). The van der Waals surface area contributed by atoms with Gasteiger partial charge in [0.25, 0.3) is 0 Å². The van der Waals surface area contributed by atoms with Gasteiger partial charge in [-0.05, 0) is 13.0 Å². The standard InChI is InChI=1S/C12H14F4N2/c1-2-17-7-3-4-18(6-7)12-10(15)8(13)5-9(14)11(12)16/h5,7,17H,2-4,6H2,1H3. The second kappa shape index (κ2) is 5.14. The van der Waals surface area contributed by atoms with Crippen LogP contribution in [0.2, 0.25) is 0 Å². The van der Waals surface area contributed by atoms with Gasteiger partial charge < -0.3 is 10.2 Å². The van der Waals surface area contributed by atoms with Crippen LogP contribution in [0.3, 0.4) is 0 Å². The van der Waals surface area contributed by atoms with E-state index in [4.69, 9.17) is 0 Å². The zero-order chi connectivity index (χ0) is 13.3. The Morgan fingerprint density at radius 1 is 1.22 bits per heavy atom. The van der Waals surface area contributed by atoms with E-state index < -0.39 is 29.0 Å². The Balaban J connectivity index is 2.29. The number of benzene rings is 1. The van der Waals surface area contributed by atoms with Crippen molar-refractivity contribution in [2.45, 2.75) is 19.4 Å². The van der Waals surface area contributed by atoms with E-state index >= 15 is 0 Å². The highest BCUT2D eigenvalue weighted by atomic mass is 19.2. The number of hydrogen-bond acceptors (Lipinski definition) is 2. The summed E-state index contributed by atoms with van der Waals surface area (Å²) in [5, 5.41) is 3.14. The number of likely N-dealkylation sites (N-methyl/N-ethyl adjacent to an activating group) is 1. The van der Waals surface area contributed by atoms with Crippen LogP contribution in [0.15, 0.2) is 6.07 Å². The molecule has 1 N–H and O–H groups in total. The molecule has 0 aliphatic carbocycles. The Morgan fingerprint density at radius 2 is 1.83 bits per heavy atom. The quantitative estimate of drug-likeness (QED) is 0.665. The highest BCUT2D eigenvalue weighted by Gasteiger charge is 2.29. The van der Waals surface area contributed by atoms with E-state index in [1.54, 1.807) is 0 Å². The van der Waals surface area contributed by atoms with Crippen LogP contribution in [0.1, 0.15) is 13.3 Å². The maximum atomic E-state index is 13.6. The van der Waals surface area contributed by atoms with Gasteiger partial charge in [0.15, 0.2) is 23.3 Å². The fourth-order valence-electron chi connectivity index (χ4n) is 2.26. The summed E-state index contributed by atoms with van der Waals surface area (Å²) in [6.07, 6.45) is 0.685. The molecule has 1 atom stereocenters. The lowest BCUT2D eigenvalue weighted by atomic mass is 10.2. The molecule has 0 amide bonds. The number of nitrogens with one attached hydrogen (secondary N) is 1. The molecule has 6 heteroatoms. The average Bonchev–Trinajstić information content (AvgIpc) is 2.76. The van der Waals surface area contributed by atoms with E-state index in [0.29, 0.717) is 19.5 Å². The molecule has 0 spiro atoms. The van der Waals surface area contributed by atoms with Crippen molar-refractivity contribution in [1.29, 1.82) is 0 Å². The highest BCUT2D eigenvalue weighted by molar-refractivity contribution is 5.51. The van der Waals surface area contributed by atoms with Crippen LogP contribution in [0.5, 0.6) is 0 Å². The van der Waals surface area contributed by atoms with Crippen molar-refractivity contribution in [1.82, 2.24) is 5.32 Å². The van der Waals surface area contributed by atoms with Gasteiger partial charge in [-0.1, -0.05) is 6.92 Å². The van der Waals surface area contributed by atoms with Gasteiger partial charge in [0.05, 0.1) is 0 Å². The molecular weight excluding hydrogens is 248 g/mol. The SMILES string of the molecule is CCNC1CCN(c2c(F)c(F)cc(F)c2F)C1. The first-order valence-corrected chi connectivity index (χ1v) is 5.86. The van der Waals surface area contributed by atoms with Crippen LogP contribution in [-0.2, 0) is 0 Å². The van der Waals surface area contributed by atoms with Gasteiger partial charge in [0, 0.05) is 25.2 Å². The van der Waals surface area contributed by atoms with E-state index in [2.05, 4.69) is 5.32 Å². The normalized spacial score (nSPS) is 19.6. The minimum Gasteiger partial charge on any atom is -0.365 e. The summed E-state index contributed by atoms with van der Waals surface area (Å²) in [6.45, 7) is 3.37. The van der Waals surface area contributed by atoms with Gasteiger partial charge in [-0.15, -0.1) is 0 Å². The van der Waals surface area contributed by atoms with Crippen LogP contribution in [-0.4, -0.2) is 25.7 Å². The summed E-state index contributed by atoms with van der Waals surface area (Å²) in [7, 11) is 0. The molecule has 0 aromatic heterocycles. The number of hydrogen-bond donors (Lipinski definition) is 1. The zero-order valence-electron chi connectivity index (χ0n) is 9.94. The van der Waals surface area contributed by atoms with Crippen LogP contribution in [0.4, 0.5) is 23.2 Å². The van der Waals surface area contributed by atoms with Crippen molar-refractivity contribution < 1.29 is 17.6 Å². The molecular formula is C12H14F4N2. The highest BCUT2D eigenvalue weighted by Crippen LogP contribution is 2.30. The maximum Gasteiger partial charge on any atom is 0.185 e. The summed E-state index contributed by atoms with van der Waals surface area (Å²) < 4.78 is 53.3. The van der Waals surface area contributed by atoms with Crippen LogP contribution in [0, 0.1) is 23.3 Å². The van der Waals surface area contributed by atoms with Crippen molar-refractivity contribution in [2.75, 3.05) is 24.5 Å². The third-order valence-electron chi connectivity index (χ3n) is 3.09. The van der Waals surface area contributed by atoms with Crippen molar-refractivity contribution in [3.63, 3.8) is 0 Å². The van der Waals surface area contributed by atoms with Gasteiger partial charge in [-0.3, -0.25) is 0 Å². The molecule has 1 fully saturated rings. The molecule has 1 aromatic rings. The summed E-state index contributed by atoms with van der Waals surface area (Å²) >= 11 is 0. The van der Waals surface area contributed by atoms with Gasteiger partial charge in [0.2, 0.25) is 0 Å². The Hall–Kier alpha value is -1.30. The molecule has 2 nitrogen and oxygen atoms in total. The van der Waals surface area contributed by atoms with E-state index in [1.807, 2.05) is 6.92 Å². The molecule has 100 valence electrons. The molecule has 18 heavy (non-hydrogen) atoms. The van der Waals surface area contributed by atoms with Gasteiger partial charge in [-0.25, -0.2) is 17.6 Å². The second-order valence-corrected chi connectivity index (χ2v) is 4.31. The Kier molecular flexibility index (Phi) is 3.75. The lowest BCUT2D eigenvalue weighted by Crippen LogP contribution is -2.33. The van der Waals surface area contributed by atoms with E-state index in [0.717, 1.165) is 6.54 Å². The molecule has 0 bridgehead atoms. The Bertz CT molecular complexity index is 424. The third-order valence-corrected chi connectivity index (χ3v) is 3.09. The minimum atomic E-state index is -1.36. The fraction of sp³-hybridized carbons (Fsp3) is 0.500. The van der Waals surface area contributed by atoms with Crippen molar-refractivity contribution >= 4 is 5.69 Å². The smallest absolute Gasteiger partial charge is 0.185 e. The summed E-state index contributed by atoms with van der Waals surface area (Å²) in [5.74, 6) is -5.39. The van der Waals surface area contributed by atoms with Crippen molar-refractivity contribution in [3.8, 4) is 0 Å². The fourth-order valence-corrected chi connectivity index (χ4v) is 2.26. The molecule has 1 heterocycles. The first-order valence-electron chi connectivity index (χ1n) is 5.86. The molecule has 0 radical (unpaired) electrons. The predicted molar refractivity (Wildman–Crippen MR) is 60.6 cm³/mol. The van der Waals surface area contributed by atoms with Crippen LogP contribution in [0.25, 0.3) is 0 Å². The number of halogens is 4. The molecule has 1 aliphatic heterocycles. The van der Waals surface area contributed by atoms with Gasteiger partial charge >= 0.3 is 0 Å². The van der Waals surface area contributed by atoms with E-state index in [-0.39, 0.29) is 12.1 Å². The summed E-state index contributed by atoms with van der Waals surface area (Å²) in [5.41, 5.74) is -0.604. The summed E-state index contributed by atoms with van der Waals surface area (Å²) in [4.78, 5) is 1.34. The molecule has 1 unspecified atom stereocenters. The largest absolute Gasteiger partial charge is 0.365 e. The van der Waals surface area contributed by atoms with Gasteiger partial charge in [-0.2, -0.15) is 0 Å². The molecule has 1 aromatic carbocycles. The molecule has 0 saturated carbocycles. The maximum absolute atomic E-state index is 13.6. The predicted octanol–water partition coefficient (Wildman–Crippen LogP) is 2.43.